The summed E-state index contributed by atoms with van der Waals surface area (Å²) in [5.74, 6) is 0.324. The summed E-state index contributed by atoms with van der Waals surface area (Å²) in [5.41, 5.74) is 0.786. The van der Waals surface area contributed by atoms with Crippen LogP contribution < -0.4 is 9.80 Å². The number of aromatic nitrogens is 1. The SMILES string of the molecule is CC1CCN(c2ccc(N(CC#N)CC(C)C(=O)O)cn2)CC1. The largest absolute Gasteiger partial charge is 0.481 e. The molecule has 1 N–H and O–H groups in total. The van der Waals surface area contributed by atoms with Crippen molar-refractivity contribution in [3.63, 3.8) is 0 Å². The van der Waals surface area contributed by atoms with Gasteiger partial charge in [0.15, 0.2) is 0 Å². The molecule has 0 radical (unpaired) electrons. The molecular weight excluding hydrogens is 292 g/mol. The van der Waals surface area contributed by atoms with Gasteiger partial charge in [-0.2, -0.15) is 5.26 Å². The van der Waals surface area contributed by atoms with E-state index in [4.69, 9.17) is 10.4 Å². The van der Waals surface area contributed by atoms with E-state index in [0.717, 1.165) is 30.5 Å². The number of hydrogen-bond acceptors (Lipinski definition) is 5. The van der Waals surface area contributed by atoms with Gasteiger partial charge in [-0.05, 0) is 30.9 Å². The minimum atomic E-state index is -0.861. The van der Waals surface area contributed by atoms with Gasteiger partial charge in [0, 0.05) is 19.6 Å². The fourth-order valence-electron chi connectivity index (χ4n) is 2.75. The van der Waals surface area contributed by atoms with Crippen molar-refractivity contribution in [3.8, 4) is 6.07 Å². The molecule has 0 saturated carbocycles. The molecule has 1 saturated heterocycles. The summed E-state index contributed by atoms with van der Waals surface area (Å²) in [6.45, 7) is 6.41. The molecule has 6 heteroatoms. The molecule has 0 aliphatic carbocycles. The average Bonchev–Trinajstić information content (AvgIpc) is 2.55. The Morgan fingerprint density at radius 3 is 2.74 bits per heavy atom. The molecule has 1 unspecified atom stereocenters. The molecule has 6 nitrogen and oxygen atoms in total. The van der Waals surface area contributed by atoms with Crippen LogP contribution in [-0.2, 0) is 4.79 Å². The highest BCUT2D eigenvalue weighted by atomic mass is 16.4. The first kappa shape index (κ1) is 17.1. The smallest absolute Gasteiger partial charge is 0.308 e. The molecule has 0 bridgehead atoms. The van der Waals surface area contributed by atoms with Gasteiger partial charge in [-0.25, -0.2) is 4.98 Å². The van der Waals surface area contributed by atoms with Crippen molar-refractivity contribution in [1.82, 2.24) is 4.98 Å². The second-order valence-electron chi connectivity index (χ2n) is 6.32. The molecule has 0 spiro atoms. The Labute approximate surface area is 137 Å². The number of rotatable bonds is 6. The van der Waals surface area contributed by atoms with Gasteiger partial charge >= 0.3 is 5.97 Å². The van der Waals surface area contributed by atoms with Crippen molar-refractivity contribution in [2.45, 2.75) is 26.7 Å². The van der Waals surface area contributed by atoms with Crippen LogP contribution in [0.2, 0.25) is 0 Å². The normalized spacial score (nSPS) is 16.7. The summed E-state index contributed by atoms with van der Waals surface area (Å²) < 4.78 is 0. The van der Waals surface area contributed by atoms with Gasteiger partial charge in [-0.1, -0.05) is 13.8 Å². The Morgan fingerprint density at radius 2 is 2.22 bits per heavy atom. The maximum Gasteiger partial charge on any atom is 0.308 e. The van der Waals surface area contributed by atoms with E-state index in [-0.39, 0.29) is 6.54 Å². The number of carbonyl (C=O) groups is 1. The van der Waals surface area contributed by atoms with Crippen molar-refractivity contribution < 1.29 is 9.90 Å². The van der Waals surface area contributed by atoms with Crippen LogP contribution in [0.15, 0.2) is 18.3 Å². The van der Waals surface area contributed by atoms with Crippen molar-refractivity contribution in [1.29, 1.82) is 5.26 Å². The fourth-order valence-corrected chi connectivity index (χ4v) is 2.75. The van der Waals surface area contributed by atoms with Gasteiger partial charge in [0.1, 0.15) is 12.4 Å². The zero-order valence-corrected chi connectivity index (χ0v) is 13.8. The van der Waals surface area contributed by atoms with E-state index in [1.54, 1.807) is 18.0 Å². The summed E-state index contributed by atoms with van der Waals surface area (Å²) >= 11 is 0. The lowest BCUT2D eigenvalue weighted by Gasteiger charge is -2.31. The van der Waals surface area contributed by atoms with Crippen molar-refractivity contribution >= 4 is 17.5 Å². The number of carboxylic acid groups (broad SMARTS) is 1. The van der Waals surface area contributed by atoms with E-state index in [2.05, 4.69) is 22.9 Å². The van der Waals surface area contributed by atoms with E-state index in [1.165, 1.54) is 12.8 Å². The van der Waals surface area contributed by atoms with E-state index in [0.29, 0.717) is 6.54 Å². The first-order valence-corrected chi connectivity index (χ1v) is 8.07. The standard InChI is InChI=1S/C17H24N4O2/c1-13-5-8-20(9-6-13)16-4-3-15(11-19-16)21(10-7-18)12-14(2)17(22)23/h3-4,11,13-14H,5-6,8-10,12H2,1-2H3,(H,22,23). The Morgan fingerprint density at radius 1 is 1.52 bits per heavy atom. The van der Waals surface area contributed by atoms with Gasteiger partial charge in [-0.15, -0.1) is 0 Å². The molecule has 0 aromatic carbocycles. The minimum absolute atomic E-state index is 0.153. The summed E-state index contributed by atoms with van der Waals surface area (Å²) in [6, 6.07) is 5.97. The third-order valence-electron chi connectivity index (χ3n) is 4.38. The maximum atomic E-state index is 11.0. The second kappa shape index (κ2) is 7.82. The maximum absolute atomic E-state index is 11.0. The van der Waals surface area contributed by atoms with Gasteiger partial charge in [0.25, 0.3) is 0 Å². The third kappa shape index (κ3) is 4.59. The Kier molecular flexibility index (Phi) is 5.80. The molecule has 1 aliphatic heterocycles. The summed E-state index contributed by atoms with van der Waals surface area (Å²) in [7, 11) is 0. The number of hydrogen-bond donors (Lipinski definition) is 1. The van der Waals surface area contributed by atoms with Crippen molar-refractivity contribution in [2.24, 2.45) is 11.8 Å². The van der Waals surface area contributed by atoms with Crippen molar-refractivity contribution in [2.75, 3.05) is 36.0 Å². The highest BCUT2D eigenvalue weighted by Gasteiger charge is 2.19. The molecule has 1 aliphatic rings. The van der Waals surface area contributed by atoms with Crippen LogP contribution in [0, 0.1) is 23.2 Å². The molecule has 2 rings (SSSR count). The molecule has 0 amide bonds. The number of nitriles is 1. The number of pyridine rings is 1. The lowest BCUT2D eigenvalue weighted by Crippen LogP contribution is -2.34. The van der Waals surface area contributed by atoms with Gasteiger partial charge in [0.2, 0.25) is 0 Å². The van der Waals surface area contributed by atoms with Crippen LogP contribution in [0.25, 0.3) is 0 Å². The first-order chi connectivity index (χ1) is 11.0. The molecular formula is C17H24N4O2. The number of nitrogens with zero attached hydrogens (tertiary/aromatic N) is 4. The van der Waals surface area contributed by atoms with Crippen LogP contribution in [-0.4, -0.2) is 42.2 Å². The predicted octanol–water partition coefficient (Wildman–Crippen LogP) is 2.37. The van der Waals surface area contributed by atoms with Crippen LogP contribution >= 0.6 is 0 Å². The van der Waals surface area contributed by atoms with Crippen molar-refractivity contribution in [3.05, 3.63) is 18.3 Å². The van der Waals surface area contributed by atoms with Gasteiger partial charge < -0.3 is 14.9 Å². The molecule has 1 aromatic heterocycles. The van der Waals surface area contributed by atoms with E-state index in [9.17, 15) is 4.79 Å². The monoisotopic (exact) mass is 316 g/mol. The average molecular weight is 316 g/mol. The summed E-state index contributed by atoms with van der Waals surface area (Å²) in [5, 5.41) is 18.0. The molecule has 1 atom stereocenters. The first-order valence-electron chi connectivity index (χ1n) is 8.07. The number of piperidine rings is 1. The van der Waals surface area contributed by atoms with Gasteiger partial charge in [-0.3, -0.25) is 4.79 Å². The van der Waals surface area contributed by atoms with Crippen LogP contribution in [0.5, 0.6) is 0 Å². The minimum Gasteiger partial charge on any atom is -0.481 e. The van der Waals surface area contributed by atoms with E-state index >= 15 is 0 Å². The molecule has 23 heavy (non-hydrogen) atoms. The fraction of sp³-hybridized carbons (Fsp3) is 0.588. The van der Waals surface area contributed by atoms with Crippen LogP contribution in [0.4, 0.5) is 11.5 Å². The zero-order chi connectivity index (χ0) is 16.8. The van der Waals surface area contributed by atoms with E-state index < -0.39 is 11.9 Å². The highest BCUT2D eigenvalue weighted by molar-refractivity contribution is 5.70. The topological polar surface area (TPSA) is 80.5 Å². The Hall–Kier alpha value is -2.29. The quantitative estimate of drug-likeness (QED) is 0.812. The lowest BCUT2D eigenvalue weighted by molar-refractivity contribution is -0.140. The third-order valence-corrected chi connectivity index (χ3v) is 4.38. The highest BCUT2D eigenvalue weighted by Crippen LogP contribution is 2.23. The number of aliphatic carboxylic acids is 1. The number of anilines is 2. The van der Waals surface area contributed by atoms with E-state index in [1.807, 2.05) is 12.1 Å². The molecule has 1 fully saturated rings. The predicted molar refractivity (Wildman–Crippen MR) is 89.5 cm³/mol. The molecule has 1 aromatic rings. The van der Waals surface area contributed by atoms with Crippen LogP contribution in [0.3, 0.4) is 0 Å². The summed E-state index contributed by atoms with van der Waals surface area (Å²) in [6.07, 6.45) is 4.10. The Balaban J connectivity index is 2.06. The summed E-state index contributed by atoms with van der Waals surface area (Å²) in [4.78, 5) is 19.6. The molecule has 124 valence electrons. The second-order valence-corrected chi connectivity index (χ2v) is 6.32. The lowest BCUT2D eigenvalue weighted by atomic mass is 9.99. The molecule has 2 heterocycles. The zero-order valence-electron chi connectivity index (χ0n) is 13.8. The number of carboxylic acids is 1. The van der Waals surface area contributed by atoms with Gasteiger partial charge in [0.05, 0.1) is 23.9 Å². The Bertz CT molecular complexity index is 559. The van der Waals surface area contributed by atoms with Crippen LogP contribution in [0.1, 0.15) is 26.7 Å².